The molecule has 0 saturated carbocycles. The van der Waals surface area contributed by atoms with Gasteiger partial charge in [0.2, 0.25) is 0 Å². The molecule has 0 spiro atoms. The SMILES string of the molecule is CCC1O[C@H](OCP)C(N=[N+]=[N-])[C@@H](C)[C@@H]1O[C@@H]1OC(COCc2ccccc2)[C@H](C)[C@H](C)C1OCc1ccccc1. The largest absolute Gasteiger partial charge is 0.374 e. The number of hydrogen-bond donors (Lipinski definition) is 0. The fourth-order valence-corrected chi connectivity index (χ4v) is 5.87. The standard InChI is InChI=1S/C31H44N3O6P/c1-5-25-28(22(4)27(33-34-32)30(38-25)37-19-41)40-31-29(36-17-24-14-10-7-11-15-24)21(3)20(2)26(39-31)18-35-16-23-12-8-6-9-13-23/h6-15,20-22,25-31H,5,16-19,41H2,1-4H3/t20-,21+,22-,25?,26?,27?,28+,29?,30+,31+/m1/s1. The van der Waals surface area contributed by atoms with Crippen LogP contribution in [0.15, 0.2) is 65.8 Å². The van der Waals surface area contributed by atoms with Crippen LogP contribution in [-0.4, -0.2) is 56.0 Å². The summed E-state index contributed by atoms with van der Waals surface area (Å²) < 4.78 is 38.1. The number of azide groups is 1. The smallest absolute Gasteiger partial charge is 0.184 e. The third-order valence-electron chi connectivity index (χ3n) is 8.34. The molecule has 224 valence electrons. The number of rotatable bonds is 13. The molecule has 5 unspecified atom stereocenters. The molecule has 2 fully saturated rings. The second-order valence-electron chi connectivity index (χ2n) is 11.0. The van der Waals surface area contributed by atoms with Crippen LogP contribution in [0.2, 0.25) is 0 Å². The average molecular weight is 586 g/mol. The van der Waals surface area contributed by atoms with Crippen LogP contribution in [0.1, 0.15) is 45.2 Å². The van der Waals surface area contributed by atoms with E-state index in [0.717, 1.165) is 11.1 Å². The average Bonchev–Trinajstić information content (AvgIpc) is 2.99. The molecule has 0 aliphatic carbocycles. The maximum Gasteiger partial charge on any atom is 0.184 e. The summed E-state index contributed by atoms with van der Waals surface area (Å²) in [4.78, 5) is 3.08. The van der Waals surface area contributed by atoms with Crippen LogP contribution in [0.5, 0.6) is 0 Å². The van der Waals surface area contributed by atoms with Gasteiger partial charge in [-0.3, -0.25) is 0 Å². The number of ether oxygens (including phenoxy) is 6. The quantitative estimate of drug-likeness (QED) is 0.116. The minimum atomic E-state index is -0.661. The normalized spacial score (nSPS) is 33.7. The van der Waals surface area contributed by atoms with E-state index in [0.29, 0.717) is 32.6 Å². The van der Waals surface area contributed by atoms with Gasteiger partial charge in [0.25, 0.3) is 0 Å². The predicted octanol–water partition coefficient (Wildman–Crippen LogP) is 6.47. The summed E-state index contributed by atoms with van der Waals surface area (Å²) in [5.41, 5.74) is 11.5. The molecule has 2 saturated heterocycles. The van der Waals surface area contributed by atoms with Crippen molar-refractivity contribution in [2.75, 3.05) is 13.0 Å². The van der Waals surface area contributed by atoms with Gasteiger partial charge in [-0.2, -0.15) is 0 Å². The van der Waals surface area contributed by atoms with Gasteiger partial charge in [0, 0.05) is 4.91 Å². The van der Waals surface area contributed by atoms with Crippen molar-refractivity contribution in [1.29, 1.82) is 0 Å². The summed E-state index contributed by atoms with van der Waals surface area (Å²) in [5.74, 6) is 0.125. The van der Waals surface area contributed by atoms with Crippen molar-refractivity contribution >= 4 is 9.24 Å². The van der Waals surface area contributed by atoms with Crippen LogP contribution in [-0.2, 0) is 41.6 Å². The molecule has 0 N–H and O–H groups in total. The van der Waals surface area contributed by atoms with Crippen LogP contribution in [0, 0.1) is 17.8 Å². The van der Waals surface area contributed by atoms with E-state index in [9.17, 15) is 5.53 Å². The first-order valence-corrected chi connectivity index (χ1v) is 15.4. The summed E-state index contributed by atoms with van der Waals surface area (Å²) in [5, 5.41) is 4.03. The summed E-state index contributed by atoms with van der Waals surface area (Å²) in [6.45, 7) is 9.83. The highest BCUT2D eigenvalue weighted by molar-refractivity contribution is 7.16. The Balaban J connectivity index is 1.53. The van der Waals surface area contributed by atoms with E-state index in [1.165, 1.54) is 0 Å². The third kappa shape index (κ3) is 8.28. The lowest BCUT2D eigenvalue weighted by molar-refractivity contribution is -0.333. The highest BCUT2D eigenvalue weighted by atomic mass is 31.0. The molecular formula is C31H44N3O6P. The summed E-state index contributed by atoms with van der Waals surface area (Å²) in [7, 11) is 2.52. The van der Waals surface area contributed by atoms with Crippen LogP contribution >= 0.6 is 9.24 Å². The zero-order chi connectivity index (χ0) is 29.2. The second kappa shape index (κ2) is 16.0. The maximum absolute atomic E-state index is 9.28. The Bertz CT molecular complexity index is 1090. The first kappa shape index (κ1) is 31.9. The van der Waals surface area contributed by atoms with Crippen molar-refractivity contribution in [1.82, 2.24) is 0 Å². The van der Waals surface area contributed by atoms with Gasteiger partial charge < -0.3 is 28.4 Å². The lowest BCUT2D eigenvalue weighted by atomic mass is 9.83. The Morgan fingerprint density at radius 3 is 2.05 bits per heavy atom. The van der Waals surface area contributed by atoms with Crippen LogP contribution in [0.3, 0.4) is 0 Å². The first-order valence-electron chi connectivity index (χ1n) is 14.6. The molecule has 2 aliphatic rings. The Morgan fingerprint density at radius 1 is 0.805 bits per heavy atom. The zero-order valence-corrected chi connectivity index (χ0v) is 25.6. The molecule has 0 aromatic heterocycles. The molecule has 2 aromatic rings. The zero-order valence-electron chi connectivity index (χ0n) is 24.5. The van der Waals surface area contributed by atoms with Gasteiger partial charge in [-0.1, -0.05) is 93.5 Å². The van der Waals surface area contributed by atoms with Gasteiger partial charge >= 0.3 is 0 Å². The number of benzene rings is 2. The fourth-order valence-electron chi connectivity index (χ4n) is 5.68. The van der Waals surface area contributed by atoms with Crippen molar-refractivity contribution in [3.05, 3.63) is 82.2 Å². The summed E-state index contributed by atoms with van der Waals surface area (Å²) >= 11 is 0. The molecular weight excluding hydrogens is 541 g/mol. The van der Waals surface area contributed by atoms with Crippen LogP contribution in [0.25, 0.3) is 10.4 Å². The van der Waals surface area contributed by atoms with E-state index < -0.39 is 18.6 Å². The highest BCUT2D eigenvalue weighted by Crippen LogP contribution is 2.39. The summed E-state index contributed by atoms with van der Waals surface area (Å²) in [6, 6.07) is 19.7. The predicted molar refractivity (Wildman–Crippen MR) is 160 cm³/mol. The molecule has 41 heavy (non-hydrogen) atoms. The van der Waals surface area contributed by atoms with Crippen molar-refractivity contribution in [2.45, 2.75) is 90.4 Å². The summed E-state index contributed by atoms with van der Waals surface area (Å²) in [6.07, 6.45) is -1.39. The minimum Gasteiger partial charge on any atom is -0.374 e. The molecule has 2 heterocycles. The lowest BCUT2D eigenvalue weighted by Crippen LogP contribution is -2.59. The van der Waals surface area contributed by atoms with Gasteiger partial charge in [-0.05, 0) is 40.8 Å². The monoisotopic (exact) mass is 585 g/mol. The topological polar surface area (TPSA) is 104 Å². The molecule has 9 nitrogen and oxygen atoms in total. The van der Waals surface area contributed by atoms with Crippen molar-refractivity contribution in [2.24, 2.45) is 22.9 Å². The second-order valence-corrected chi connectivity index (χ2v) is 11.3. The highest BCUT2D eigenvalue weighted by Gasteiger charge is 2.49. The van der Waals surface area contributed by atoms with E-state index in [1.807, 2.05) is 43.3 Å². The molecule has 2 aromatic carbocycles. The van der Waals surface area contributed by atoms with Crippen molar-refractivity contribution in [3.63, 3.8) is 0 Å². The van der Waals surface area contributed by atoms with Gasteiger partial charge in [0.05, 0.1) is 50.5 Å². The molecule has 0 amide bonds. The van der Waals surface area contributed by atoms with Gasteiger partial charge in [0.1, 0.15) is 6.10 Å². The number of hydrogen-bond acceptors (Lipinski definition) is 7. The van der Waals surface area contributed by atoms with Gasteiger partial charge in [-0.15, -0.1) is 9.24 Å². The molecule has 4 rings (SSSR count). The fraction of sp³-hybridized carbons (Fsp3) is 0.613. The number of nitrogens with zero attached hydrogens (tertiary/aromatic N) is 3. The first-order chi connectivity index (χ1) is 20.0. The van der Waals surface area contributed by atoms with Crippen molar-refractivity contribution < 1.29 is 28.4 Å². The van der Waals surface area contributed by atoms with E-state index >= 15 is 0 Å². The third-order valence-corrected chi connectivity index (χ3v) is 8.53. The Hall–Kier alpha value is -2.06. The van der Waals surface area contributed by atoms with E-state index in [2.05, 4.69) is 64.3 Å². The van der Waals surface area contributed by atoms with E-state index in [1.54, 1.807) is 0 Å². The van der Waals surface area contributed by atoms with E-state index in [-0.39, 0.29) is 42.2 Å². The lowest BCUT2D eigenvalue weighted by Gasteiger charge is -2.49. The van der Waals surface area contributed by atoms with Crippen LogP contribution < -0.4 is 0 Å². The maximum atomic E-state index is 9.28. The van der Waals surface area contributed by atoms with Gasteiger partial charge in [-0.25, -0.2) is 0 Å². The molecule has 0 radical (unpaired) electrons. The Morgan fingerprint density at radius 2 is 1.44 bits per heavy atom. The molecule has 2 aliphatic heterocycles. The molecule has 11 atom stereocenters. The van der Waals surface area contributed by atoms with Crippen molar-refractivity contribution in [3.8, 4) is 0 Å². The van der Waals surface area contributed by atoms with E-state index in [4.69, 9.17) is 28.4 Å². The molecule has 10 heteroatoms. The Kier molecular flexibility index (Phi) is 12.4. The van der Waals surface area contributed by atoms with Gasteiger partial charge in [0.15, 0.2) is 12.6 Å². The van der Waals surface area contributed by atoms with Crippen LogP contribution in [0.4, 0.5) is 0 Å². The minimum absolute atomic E-state index is 0.129. The Labute approximate surface area is 246 Å². The molecule has 0 bridgehead atoms.